The molecular weight excluding hydrogens is 298 g/mol. The van der Waals surface area contributed by atoms with Crippen molar-refractivity contribution >= 4 is 17.6 Å². The van der Waals surface area contributed by atoms with Crippen molar-refractivity contribution < 1.29 is 4.42 Å². The average molecular weight is 311 g/mol. The lowest BCUT2D eigenvalue weighted by molar-refractivity contribution is 0.465. The standard InChI is InChI=1S/C15H13N5OS/c1-2-6-11-10(5-1)17-13(18-11)9-22-15-20-19-14(21-15)12-7-3-4-8-16-12/h1-8,10-11H,9H2,(H,17,18). The molecule has 4 rings (SSSR count). The lowest BCUT2D eigenvalue weighted by Crippen LogP contribution is -2.33. The average Bonchev–Trinajstić information content (AvgIpc) is 3.20. The van der Waals surface area contributed by atoms with Crippen LogP contribution in [-0.2, 0) is 0 Å². The molecule has 2 aromatic heterocycles. The monoisotopic (exact) mass is 311 g/mol. The smallest absolute Gasteiger partial charge is 0.277 e. The molecule has 1 aliphatic heterocycles. The molecule has 0 radical (unpaired) electrons. The molecule has 0 fully saturated rings. The van der Waals surface area contributed by atoms with Gasteiger partial charge in [0.25, 0.3) is 11.1 Å². The highest BCUT2D eigenvalue weighted by molar-refractivity contribution is 7.99. The Balaban J connectivity index is 1.40. The van der Waals surface area contributed by atoms with Gasteiger partial charge >= 0.3 is 0 Å². The van der Waals surface area contributed by atoms with Gasteiger partial charge in [-0.15, -0.1) is 10.2 Å². The first-order valence-corrected chi connectivity index (χ1v) is 7.93. The molecule has 2 atom stereocenters. The minimum atomic E-state index is 0.201. The zero-order valence-corrected chi connectivity index (χ0v) is 12.4. The van der Waals surface area contributed by atoms with E-state index in [2.05, 4.69) is 37.6 Å². The fourth-order valence-corrected chi connectivity index (χ4v) is 2.99. The predicted octanol–water partition coefficient (Wildman–Crippen LogP) is 2.09. The summed E-state index contributed by atoms with van der Waals surface area (Å²) in [7, 11) is 0. The van der Waals surface area contributed by atoms with Gasteiger partial charge in [-0.05, 0) is 12.1 Å². The van der Waals surface area contributed by atoms with Crippen molar-refractivity contribution in [3.05, 3.63) is 48.7 Å². The highest BCUT2D eigenvalue weighted by Gasteiger charge is 2.25. The van der Waals surface area contributed by atoms with Gasteiger partial charge in [0, 0.05) is 6.20 Å². The summed E-state index contributed by atoms with van der Waals surface area (Å²) in [5.74, 6) is 2.07. The van der Waals surface area contributed by atoms with Gasteiger partial charge in [-0.3, -0.25) is 9.98 Å². The van der Waals surface area contributed by atoms with Crippen molar-refractivity contribution in [1.29, 1.82) is 0 Å². The van der Waals surface area contributed by atoms with Crippen LogP contribution in [0.15, 0.2) is 63.3 Å². The maximum atomic E-state index is 5.62. The molecule has 0 bridgehead atoms. The Bertz CT molecular complexity index is 752. The number of allylic oxidation sites excluding steroid dienone is 2. The van der Waals surface area contributed by atoms with Crippen LogP contribution < -0.4 is 5.32 Å². The van der Waals surface area contributed by atoms with Crippen LogP contribution in [0.25, 0.3) is 11.6 Å². The van der Waals surface area contributed by atoms with E-state index >= 15 is 0 Å². The van der Waals surface area contributed by atoms with Gasteiger partial charge in [-0.25, -0.2) is 0 Å². The van der Waals surface area contributed by atoms with Crippen molar-refractivity contribution in [2.24, 2.45) is 4.99 Å². The van der Waals surface area contributed by atoms with Crippen LogP contribution in [0.1, 0.15) is 0 Å². The van der Waals surface area contributed by atoms with Crippen LogP contribution in [0.3, 0.4) is 0 Å². The molecule has 0 amide bonds. The number of nitrogens with zero attached hydrogens (tertiary/aromatic N) is 4. The number of hydrogen-bond acceptors (Lipinski definition) is 7. The summed E-state index contributed by atoms with van der Waals surface area (Å²) in [5.41, 5.74) is 0.680. The zero-order valence-electron chi connectivity index (χ0n) is 11.6. The Morgan fingerprint density at radius 2 is 2.14 bits per heavy atom. The van der Waals surface area contributed by atoms with Crippen LogP contribution >= 0.6 is 11.8 Å². The van der Waals surface area contributed by atoms with Gasteiger partial charge in [0.1, 0.15) is 11.5 Å². The van der Waals surface area contributed by atoms with Crippen LogP contribution in [0.4, 0.5) is 0 Å². The molecule has 1 aliphatic carbocycles. The largest absolute Gasteiger partial charge is 0.410 e. The number of aromatic nitrogens is 3. The van der Waals surface area contributed by atoms with E-state index in [0.717, 1.165) is 5.84 Å². The van der Waals surface area contributed by atoms with Crippen LogP contribution in [0, 0.1) is 0 Å². The van der Waals surface area contributed by atoms with E-state index in [9.17, 15) is 0 Å². The third-order valence-corrected chi connectivity index (χ3v) is 4.20. The molecule has 2 aliphatic rings. The number of hydrogen-bond donors (Lipinski definition) is 1. The Morgan fingerprint density at radius 3 is 3.00 bits per heavy atom. The van der Waals surface area contributed by atoms with E-state index in [1.165, 1.54) is 11.8 Å². The number of amidine groups is 1. The first-order chi connectivity index (χ1) is 10.9. The molecule has 22 heavy (non-hydrogen) atoms. The second-order valence-electron chi connectivity index (χ2n) is 4.88. The fourth-order valence-electron chi connectivity index (χ4n) is 2.33. The molecule has 0 aromatic carbocycles. The van der Waals surface area contributed by atoms with Gasteiger partial charge in [0.05, 0.1) is 17.8 Å². The number of aliphatic imine (C=N–C) groups is 1. The van der Waals surface area contributed by atoms with Crippen molar-refractivity contribution in [2.75, 3.05) is 5.75 Å². The van der Waals surface area contributed by atoms with Gasteiger partial charge in [0.2, 0.25) is 0 Å². The highest BCUT2D eigenvalue weighted by atomic mass is 32.2. The van der Waals surface area contributed by atoms with Gasteiger partial charge < -0.3 is 9.73 Å². The first-order valence-electron chi connectivity index (χ1n) is 6.94. The maximum Gasteiger partial charge on any atom is 0.277 e. The van der Waals surface area contributed by atoms with E-state index in [-0.39, 0.29) is 12.1 Å². The van der Waals surface area contributed by atoms with E-state index in [1.807, 2.05) is 30.4 Å². The first kappa shape index (κ1) is 13.3. The molecule has 110 valence electrons. The molecule has 7 heteroatoms. The topological polar surface area (TPSA) is 76.2 Å². The lowest BCUT2D eigenvalue weighted by Gasteiger charge is -2.13. The predicted molar refractivity (Wildman–Crippen MR) is 84.7 cm³/mol. The quantitative estimate of drug-likeness (QED) is 0.871. The number of thioether (sulfide) groups is 1. The zero-order chi connectivity index (χ0) is 14.8. The summed E-state index contributed by atoms with van der Waals surface area (Å²) in [5, 5.41) is 12.0. The Hall–Kier alpha value is -2.41. The molecule has 2 aromatic rings. The van der Waals surface area contributed by atoms with Crippen molar-refractivity contribution in [2.45, 2.75) is 17.3 Å². The van der Waals surface area contributed by atoms with E-state index in [1.54, 1.807) is 6.20 Å². The SMILES string of the molecule is C1=CC2N=C(CSc3nnc(-c4ccccn4)o3)NC2C=C1. The Labute approximate surface area is 131 Å². The van der Waals surface area contributed by atoms with E-state index in [0.29, 0.717) is 22.6 Å². The molecule has 1 N–H and O–H groups in total. The van der Waals surface area contributed by atoms with Crippen molar-refractivity contribution in [1.82, 2.24) is 20.5 Å². The second kappa shape index (κ2) is 5.76. The molecular formula is C15H13N5OS. The molecule has 0 spiro atoms. The van der Waals surface area contributed by atoms with Crippen molar-refractivity contribution in [3.63, 3.8) is 0 Å². The minimum absolute atomic E-state index is 0.201. The fraction of sp³-hybridized carbons (Fsp3) is 0.200. The molecule has 3 heterocycles. The normalized spacial score (nSPS) is 22.3. The number of nitrogens with one attached hydrogen (secondary N) is 1. The summed E-state index contributed by atoms with van der Waals surface area (Å²) in [6.45, 7) is 0. The third kappa shape index (κ3) is 2.67. The number of pyridine rings is 1. The van der Waals surface area contributed by atoms with Gasteiger partial charge in [0.15, 0.2) is 0 Å². The maximum absolute atomic E-state index is 5.62. The van der Waals surface area contributed by atoms with Crippen LogP contribution in [-0.4, -0.2) is 38.9 Å². The second-order valence-corrected chi connectivity index (χ2v) is 5.81. The van der Waals surface area contributed by atoms with E-state index < -0.39 is 0 Å². The lowest BCUT2D eigenvalue weighted by atomic mass is 10.1. The van der Waals surface area contributed by atoms with Crippen molar-refractivity contribution in [3.8, 4) is 11.6 Å². The molecule has 0 saturated heterocycles. The van der Waals surface area contributed by atoms with Crippen LogP contribution in [0.2, 0.25) is 0 Å². The minimum Gasteiger partial charge on any atom is -0.410 e. The summed E-state index contributed by atoms with van der Waals surface area (Å²) in [6.07, 6.45) is 9.99. The highest BCUT2D eigenvalue weighted by Crippen LogP contribution is 2.23. The molecule has 6 nitrogen and oxygen atoms in total. The molecule has 2 unspecified atom stereocenters. The number of rotatable bonds is 4. The summed E-state index contributed by atoms with van der Waals surface area (Å²) < 4.78 is 5.62. The van der Waals surface area contributed by atoms with Gasteiger partial charge in [-0.2, -0.15) is 0 Å². The number of fused-ring (bicyclic) bond motifs is 1. The summed E-state index contributed by atoms with van der Waals surface area (Å²) >= 11 is 1.47. The molecule has 0 saturated carbocycles. The third-order valence-electron chi connectivity index (χ3n) is 3.37. The summed E-state index contributed by atoms with van der Waals surface area (Å²) in [4.78, 5) is 8.83. The Morgan fingerprint density at radius 1 is 1.18 bits per heavy atom. The summed E-state index contributed by atoms with van der Waals surface area (Å²) in [6, 6.07) is 6.05. The van der Waals surface area contributed by atoms with Crippen LogP contribution in [0.5, 0.6) is 0 Å². The Kier molecular flexibility index (Phi) is 3.48. The van der Waals surface area contributed by atoms with Gasteiger partial charge in [-0.1, -0.05) is 42.1 Å². The van der Waals surface area contributed by atoms with E-state index in [4.69, 9.17) is 4.42 Å².